The zero-order valence-electron chi connectivity index (χ0n) is 15.0. The predicted molar refractivity (Wildman–Crippen MR) is 97.0 cm³/mol. The standard InChI is InChI=1S/C18H23N5O3/c1-12-4-6-14(7-5-12)23-17(25)15(16(24)19-18(23)26)13(2)20-22-10-8-21(3)9-11-22/h4-7,15,20H,2,8-11H2,1,3H3,(H,19,24,26)/t15-/m0/s1. The van der Waals surface area contributed by atoms with E-state index >= 15 is 0 Å². The molecule has 0 saturated carbocycles. The van der Waals surface area contributed by atoms with Gasteiger partial charge in [-0.15, -0.1) is 0 Å². The fourth-order valence-electron chi connectivity index (χ4n) is 3.01. The number of barbiturate groups is 1. The van der Waals surface area contributed by atoms with Gasteiger partial charge in [-0.2, -0.15) is 0 Å². The van der Waals surface area contributed by atoms with Crippen molar-refractivity contribution in [3.63, 3.8) is 0 Å². The van der Waals surface area contributed by atoms with Crippen LogP contribution >= 0.6 is 0 Å². The molecule has 2 N–H and O–H groups in total. The monoisotopic (exact) mass is 357 g/mol. The van der Waals surface area contributed by atoms with Crippen LogP contribution in [-0.2, 0) is 9.59 Å². The number of benzene rings is 1. The van der Waals surface area contributed by atoms with Crippen molar-refractivity contribution in [3.8, 4) is 0 Å². The maximum absolute atomic E-state index is 12.9. The van der Waals surface area contributed by atoms with Crippen LogP contribution in [0.4, 0.5) is 10.5 Å². The van der Waals surface area contributed by atoms with Crippen molar-refractivity contribution in [1.82, 2.24) is 20.7 Å². The van der Waals surface area contributed by atoms with E-state index in [1.54, 1.807) is 24.3 Å². The molecule has 2 saturated heterocycles. The zero-order chi connectivity index (χ0) is 18.8. The summed E-state index contributed by atoms with van der Waals surface area (Å²) < 4.78 is 0. The molecule has 2 aliphatic rings. The Bertz CT molecular complexity index is 738. The number of carbonyl (C=O) groups excluding carboxylic acids is 3. The van der Waals surface area contributed by atoms with Crippen molar-refractivity contribution in [2.75, 3.05) is 38.1 Å². The second-order valence-electron chi connectivity index (χ2n) is 6.66. The summed E-state index contributed by atoms with van der Waals surface area (Å²) in [7, 11) is 2.04. The molecule has 8 nitrogen and oxygen atoms in total. The van der Waals surface area contributed by atoms with Crippen LogP contribution in [-0.4, -0.2) is 61.0 Å². The first-order chi connectivity index (χ1) is 12.4. The number of hydrogen-bond acceptors (Lipinski definition) is 6. The highest BCUT2D eigenvalue weighted by molar-refractivity contribution is 6.28. The van der Waals surface area contributed by atoms with Gasteiger partial charge in [0.25, 0.3) is 5.91 Å². The fraction of sp³-hybridized carbons (Fsp3) is 0.389. The van der Waals surface area contributed by atoms with Crippen LogP contribution in [0.5, 0.6) is 0 Å². The Hall–Kier alpha value is -2.71. The molecule has 8 heteroatoms. The van der Waals surface area contributed by atoms with Crippen molar-refractivity contribution in [1.29, 1.82) is 0 Å². The zero-order valence-corrected chi connectivity index (χ0v) is 15.0. The number of likely N-dealkylation sites (N-methyl/N-ethyl adjacent to an activating group) is 1. The van der Waals surface area contributed by atoms with E-state index in [1.165, 1.54) is 0 Å². The van der Waals surface area contributed by atoms with Gasteiger partial charge in [0.2, 0.25) is 5.91 Å². The molecule has 26 heavy (non-hydrogen) atoms. The molecule has 0 aromatic heterocycles. The molecule has 4 amide bonds. The van der Waals surface area contributed by atoms with E-state index in [0.29, 0.717) is 5.69 Å². The first kappa shape index (κ1) is 18.1. The predicted octanol–water partition coefficient (Wildman–Crippen LogP) is 0.460. The van der Waals surface area contributed by atoms with Crippen LogP contribution in [0.15, 0.2) is 36.5 Å². The summed E-state index contributed by atoms with van der Waals surface area (Å²) >= 11 is 0. The van der Waals surface area contributed by atoms with Gasteiger partial charge in [0.05, 0.1) is 5.69 Å². The molecule has 2 heterocycles. The third-order valence-corrected chi connectivity index (χ3v) is 4.61. The molecular weight excluding hydrogens is 334 g/mol. The van der Waals surface area contributed by atoms with E-state index < -0.39 is 23.8 Å². The fourth-order valence-corrected chi connectivity index (χ4v) is 3.01. The van der Waals surface area contributed by atoms with Gasteiger partial charge in [0, 0.05) is 31.9 Å². The molecule has 0 unspecified atom stereocenters. The topological polar surface area (TPSA) is 85.0 Å². The van der Waals surface area contributed by atoms with Crippen LogP contribution in [0.1, 0.15) is 5.56 Å². The van der Waals surface area contributed by atoms with E-state index in [0.717, 1.165) is 36.6 Å². The summed E-state index contributed by atoms with van der Waals surface area (Å²) in [6, 6.07) is 6.22. The first-order valence-electron chi connectivity index (χ1n) is 8.51. The second-order valence-corrected chi connectivity index (χ2v) is 6.66. The number of nitrogens with zero attached hydrogens (tertiary/aromatic N) is 3. The molecule has 1 aromatic carbocycles. The Morgan fingerprint density at radius 1 is 1.12 bits per heavy atom. The lowest BCUT2D eigenvalue weighted by atomic mass is 10.0. The van der Waals surface area contributed by atoms with Gasteiger partial charge in [-0.25, -0.2) is 14.7 Å². The van der Waals surface area contributed by atoms with E-state index in [1.807, 2.05) is 19.0 Å². The molecule has 138 valence electrons. The maximum atomic E-state index is 12.9. The minimum absolute atomic E-state index is 0.265. The quantitative estimate of drug-likeness (QED) is 0.762. The van der Waals surface area contributed by atoms with Crippen LogP contribution < -0.4 is 15.6 Å². The van der Waals surface area contributed by atoms with E-state index in [2.05, 4.69) is 22.2 Å². The van der Waals surface area contributed by atoms with Crippen molar-refractivity contribution >= 4 is 23.5 Å². The highest BCUT2D eigenvalue weighted by atomic mass is 16.2. The number of aryl methyl sites for hydroxylation is 1. The van der Waals surface area contributed by atoms with Crippen LogP contribution in [0.25, 0.3) is 0 Å². The molecular formula is C18H23N5O3. The van der Waals surface area contributed by atoms with Crippen LogP contribution in [0.3, 0.4) is 0 Å². The average Bonchev–Trinajstić information content (AvgIpc) is 2.58. The first-order valence-corrected chi connectivity index (χ1v) is 8.51. The third-order valence-electron chi connectivity index (χ3n) is 4.61. The van der Waals surface area contributed by atoms with Crippen molar-refractivity contribution < 1.29 is 14.4 Å². The molecule has 0 bridgehead atoms. The van der Waals surface area contributed by atoms with E-state index in [-0.39, 0.29) is 5.70 Å². The maximum Gasteiger partial charge on any atom is 0.335 e. The number of hydrazine groups is 1. The second kappa shape index (κ2) is 7.27. The summed E-state index contributed by atoms with van der Waals surface area (Å²) in [6.07, 6.45) is 0. The van der Waals surface area contributed by atoms with Crippen molar-refractivity contribution in [3.05, 3.63) is 42.1 Å². The van der Waals surface area contributed by atoms with E-state index in [4.69, 9.17) is 0 Å². The highest BCUT2D eigenvalue weighted by Crippen LogP contribution is 2.23. The Balaban J connectivity index is 1.76. The number of anilines is 1. The van der Waals surface area contributed by atoms with E-state index in [9.17, 15) is 14.4 Å². The molecule has 2 fully saturated rings. The van der Waals surface area contributed by atoms with Crippen molar-refractivity contribution in [2.45, 2.75) is 6.92 Å². The number of hydrogen-bond donors (Lipinski definition) is 2. The third kappa shape index (κ3) is 3.61. The van der Waals surface area contributed by atoms with Gasteiger partial charge in [0.1, 0.15) is 0 Å². The minimum Gasteiger partial charge on any atom is -0.322 e. The van der Waals surface area contributed by atoms with Crippen LogP contribution in [0, 0.1) is 12.8 Å². The number of amides is 4. The van der Waals surface area contributed by atoms with Gasteiger partial charge in [0.15, 0.2) is 5.92 Å². The Labute approximate surface area is 152 Å². The number of carbonyl (C=O) groups is 3. The summed E-state index contributed by atoms with van der Waals surface area (Å²) in [4.78, 5) is 40.5. The Kier molecular flexibility index (Phi) is 5.06. The van der Waals surface area contributed by atoms with Gasteiger partial charge in [-0.1, -0.05) is 24.3 Å². The van der Waals surface area contributed by atoms with Crippen molar-refractivity contribution in [2.24, 2.45) is 5.92 Å². The number of nitrogens with one attached hydrogen (secondary N) is 2. The van der Waals surface area contributed by atoms with Gasteiger partial charge in [-0.3, -0.25) is 14.9 Å². The smallest absolute Gasteiger partial charge is 0.322 e. The number of imide groups is 2. The molecule has 0 aliphatic carbocycles. The average molecular weight is 357 g/mol. The number of rotatable bonds is 4. The van der Waals surface area contributed by atoms with Gasteiger partial charge < -0.3 is 10.3 Å². The highest BCUT2D eigenvalue weighted by Gasteiger charge is 2.43. The minimum atomic E-state index is -1.16. The summed E-state index contributed by atoms with van der Waals surface area (Å²) in [5, 5.41) is 4.17. The number of urea groups is 1. The van der Waals surface area contributed by atoms with Gasteiger partial charge >= 0.3 is 6.03 Å². The lowest BCUT2D eigenvalue weighted by Crippen LogP contribution is -2.61. The van der Waals surface area contributed by atoms with Crippen LogP contribution in [0.2, 0.25) is 0 Å². The summed E-state index contributed by atoms with van der Waals surface area (Å²) in [6.45, 7) is 9.03. The SMILES string of the molecule is C=C(NN1CCN(C)CC1)[C@H]1C(=O)NC(=O)N(c2ccc(C)cc2)C1=O. The molecule has 3 rings (SSSR count). The molecule has 1 atom stereocenters. The molecule has 0 radical (unpaired) electrons. The lowest BCUT2D eigenvalue weighted by molar-refractivity contribution is -0.133. The Morgan fingerprint density at radius 2 is 1.73 bits per heavy atom. The lowest BCUT2D eigenvalue weighted by Gasteiger charge is -2.36. The molecule has 0 spiro atoms. The summed E-state index contributed by atoms with van der Waals surface area (Å²) in [5.74, 6) is -2.42. The molecule has 2 aliphatic heterocycles. The van der Waals surface area contributed by atoms with Gasteiger partial charge in [-0.05, 0) is 26.1 Å². The molecule has 1 aromatic rings. The summed E-state index contributed by atoms with van der Waals surface area (Å²) in [5.41, 5.74) is 4.75. The number of piperazine rings is 1. The Morgan fingerprint density at radius 3 is 2.35 bits per heavy atom. The largest absolute Gasteiger partial charge is 0.335 e. The normalized spacial score (nSPS) is 22.3.